The van der Waals surface area contributed by atoms with Crippen LogP contribution in [0.3, 0.4) is 0 Å². The van der Waals surface area contributed by atoms with Gasteiger partial charge in [0.2, 0.25) is 5.91 Å². The molecule has 0 aliphatic heterocycles. The molecular weight excluding hydrogens is 380 g/mol. The van der Waals surface area contributed by atoms with Crippen molar-refractivity contribution in [2.24, 2.45) is 0 Å². The third-order valence-electron chi connectivity index (χ3n) is 4.67. The third-order valence-corrected chi connectivity index (χ3v) is 5.59. The number of rotatable bonds is 6. The van der Waals surface area contributed by atoms with Crippen molar-refractivity contribution in [3.05, 3.63) is 71.5 Å². The summed E-state index contributed by atoms with van der Waals surface area (Å²) in [4.78, 5) is 15.1. The molecule has 0 fully saturated rings. The van der Waals surface area contributed by atoms with Gasteiger partial charge < -0.3 is 4.90 Å². The van der Waals surface area contributed by atoms with E-state index in [4.69, 9.17) is 0 Å². The summed E-state index contributed by atoms with van der Waals surface area (Å²) in [5, 5.41) is 9.27. The van der Waals surface area contributed by atoms with Crippen LogP contribution in [0.5, 0.6) is 0 Å². The minimum atomic E-state index is -0.270. The lowest BCUT2D eigenvalue weighted by atomic mass is 10.0. The molecule has 0 bridgehead atoms. The summed E-state index contributed by atoms with van der Waals surface area (Å²) >= 11 is 1.43. The molecule has 5 nitrogen and oxygen atoms in total. The summed E-state index contributed by atoms with van der Waals surface area (Å²) in [6.45, 7) is 10.8. The van der Waals surface area contributed by atoms with E-state index in [-0.39, 0.29) is 11.4 Å². The molecule has 3 aromatic rings. The molecule has 1 amide bonds. The molecule has 1 heterocycles. The van der Waals surface area contributed by atoms with Crippen LogP contribution >= 0.6 is 11.8 Å². The van der Waals surface area contributed by atoms with E-state index < -0.39 is 0 Å². The van der Waals surface area contributed by atoms with Crippen LogP contribution < -0.4 is 0 Å². The highest BCUT2D eigenvalue weighted by Gasteiger charge is 2.27. The van der Waals surface area contributed by atoms with Gasteiger partial charge in [-0.2, -0.15) is 0 Å². The summed E-state index contributed by atoms with van der Waals surface area (Å²) in [5.41, 5.74) is 3.04. The normalized spacial score (nSPS) is 11.5. The van der Waals surface area contributed by atoms with Gasteiger partial charge in [-0.05, 0) is 57.9 Å². The molecule has 1 aromatic heterocycles. The minimum absolute atomic E-state index is 0.0859. The monoisotopic (exact) mass is 408 g/mol. The first kappa shape index (κ1) is 21.1. The fourth-order valence-electron chi connectivity index (χ4n) is 3.17. The number of carbonyl (C=O) groups is 1. The van der Waals surface area contributed by atoms with E-state index in [0.29, 0.717) is 12.3 Å². The maximum atomic E-state index is 13.1. The van der Waals surface area contributed by atoms with Gasteiger partial charge in [-0.25, -0.2) is 0 Å². The van der Waals surface area contributed by atoms with Gasteiger partial charge in [0.1, 0.15) is 5.82 Å². The Kier molecular flexibility index (Phi) is 6.42. The number of nitrogens with zero attached hydrogens (tertiary/aromatic N) is 4. The zero-order valence-corrected chi connectivity index (χ0v) is 18.5. The summed E-state index contributed by atoms with van der Waals surface area (Å²) in [6, 6.07) is 18.3. The van der Waals surface area contributed by atoms with Crippen LogP contribution in [0.2, 0.25) is 0 Å². The Morgan fingerprint density at radius 1 is 1.03 bits per heavy atom. The maximum Gasteiger partial charge on any atom is 0.233 e. The standard InChI is InChI=1S/C23H28N4OS/c1-17-10-9-13-20(14-17)27-18(2)24-25-22(27)29-16-21(28)26(23(3,4)5)15-19-11-7-6-8-12-19/h6-14H,15-16H2,1-5H3. The number of carbonyl (C=O) groups excluding carboxylic acids is 1. The zero-order chi connectivity index (χ0) is 21.0. The van der Waals surface area contributed by atoms with Gasteiger partial charge >= 0.3 is 0 Å². The number of amides is 1. The smallest absolute Gasteiger partial charge is 0.233 e. The van der Waals surface area contributed by atoms with Gasteiger partial charge in [0.05, 0.1) is 5.75 Å². The van der Waals surface area contributed by atoms with Crippen molar-refractivity contribution in [3.63, 3.8) is 0 Å². The predicted molar refractivity (Wildman–Crippen MR) is 118 cm³/mol. The number of hydrogen-bond acceptors (Lipinski definition) is 4. The van der Waals surface area contributed by atoms with Crippen LogP contribution in [-0.4, -0.2) is 36.9 Å². The second-order valence-electron chi connectivity index (χ2n) is 8.13. The topological polar surface area (TPSA) is 51.0 Å². The molecule has 0 aliphatic carbocycles. The first-order chi connectivity index (χ1) is 13.8. The molecule has 0 atom stereocenters. The van der Waals surface area contributed by atoms with E-state index in [1.165, 1.54) is 17.3 Å². The van der Waals surface area contributed by atoms with Gasteiger partial charge in [0.25, 0.3) is 0 Å². The SMILES string of the molecule is Cc1cccc(-n2c(C)nnc2SCC(=O)N(Cc2ccccc2)C(C)(C)C)c1. The van der Waals surface area contributed by atoms with Crippen LogP contribution in [0.4, 0.5) is 0 Å². The lowest BCUT2D eigenvalue weighted by molar-refractivity contribution is -0.133. The van der Waals surface area contributed by atoms with E-state index in [1.54, 1.807) is 0 Å². The van der Waals surface area contributed by atoms with Gasteiger partial charge in [-0.1, -0.05) is 54.2 Å². The molecule has 0 unspecified atom stereocenters. The van der Waals surface area contributed by atoms with Crippen molar-refractivity contribution >= 4 is 17.7 Å². The largest absolute Gasteiger partial charge is 0.333 e. The second-order valence-corrected chi connectivity index (χ2v) is 9.07. The summed E-state index contributed by atoms with van der Waals surface area (Å²) in [7, 11) is 0. The number of thioether (sulfide) groups is 1. The molecule has 0 radical (unpaired) electrons. The Labute approximate surface area is 177 Å². The first-order valence-electron chi connectivity index (χ1n) is 9.72. The number of aromatic nitrogens is 3. The van der Waals surface area contributed by atoms with Crippen LogP contribution in [0, 0.1) is 13.8 Å². The summed E-state index contributed by atoms with van der Waals surface area (Å²) in [6.07, 6.45) is 0. The quantitative estimate of drug-likeness (QED) is 0.550. The number of aryl methyl sites for hydroxylation is 2. The summed E-state index contributed by atoms with van der Waals surface area (Å²) in [5.74, 6) is 1.21. The van der Waals surface area contributed by atoms with E-state index >= 15 is 0 Å². The molecule has 29 heavy (non-hydrogen) atoms. The highest BCUT2D eigenvalue weighted by molar-refractivity contribution is 7.99. The molecule has 0 saturated heterocycles. The van der Waals surface area contributed by atoms with Crippen molar-refractivity contribution in [3.8, 4) is 5.69 Å². The molecule has 6 heteroatoms. The van der Waals surface area contributed by atoms with E-state index in [1.807, 2.05) is 46.7 Å². The number of hydrogen-bond donors (Lipinski definition) is 0. The average molecular weight is 409 g/mol. The number of benzene rings is 2. The molecule has 3 rings (SSSR count). The summed E-state index contributed by atoms with van der Waals surface area (Å²) < 4.78 is 2.00. The van der Waals surface area contributed by atoms with Crippen molar-refractivity contribution in [1.82, 2.24) is 19.7 Å². The molecule has 0 N–H and O–H groups in total. The Morgan fingerprint density at radius 3 is 2.41 bits per heavy atom. The van der Waals surface area contributed by atoms with Gasteiger partial charge in [0.15, 0.2) is 5.16 Å². The highest BCUT2D eigenvalue weighted by atomic mass is 32.2. The molecule has 152 valence electrons. The molecule has 0 spiro atoms. The van der Waals surface area contributed by atoms with Crippen LogP contribution in [0.1, 0.15) is 37.7 Å². The van der Waals surface area contributed by atoms with Crippen molar-refractivity contribution in [2.75, 3.05) is 5.75 Å². The van der Waals surface area contributed by atoms with Crippen LogP contribution in [-0.2, 0) is 11.3 Å². The van der Waals surface area contributed by atoms with Crippen molar-refractivity contribution in [1.29, 1.82) is 0 Å². The fraction of sp³-hybridized carbons (Fsp3) is 0.348. The van der Waals surface area contributed by atoms with E-state index in [9.17, 15) is 4.79 Å². The van der Waals surface area contributed by atoms with E-state index in [0.717, 1.165) is 22.2 Å². The van der Waals surface area contributed by atoms with Gasteiger partial charge in [-0.15, -0.1) is 10.2 Å². The lowest BCUT2D eigenvalue weighted by Crippen LogP contribution is -2.45. The third kappa shape index (κ3) is 5.26. The first-order valence-corrected chi connectivity index (χ1v) is 10.7. The maximum absolute atomic E-state index is 13.1. The molecule has 2 aromatic carbocycles. The molecule has 0 aliphatic rings. The van der Waals surface area contributed by atoms with Crippen LogP contribution in [0.15, 0.2) is 59.8 Å². The van der Waals surface area contributed by atoms with Crippen molar-refractivity contribution < 1.29 is 4.79 Å². The predicted octanol–water partition coefficient (Wildman–Crippen LogP) is 4.80. The fourth-order valence-corrected chi connectivity index (χ4v) is 4.04. The minimum Gasteiger partial charge on any atom is -0.333 e. The second kappa shape index (κ2) is 8.82. The zero-order valence-electron chi connectivity index (χ0n) is 17.7. The Hall–Kier alpha value is -2.60. The van der Waals surface area contributed by atoms with Crippen LogP contribution in [0.25, 0.3) is 5.69 Å². The van der Waals surface area contributed by atoms with Gasteiger partial charge in [0, 0.05) is 17.8 Å². The average Bonchev–Trinajstić information content (AvgIpc) is 3.04. The van der Waals surface area contributed by atoms with Crippen molar-refractivity contribution in [2.45, 2.75) is 51.9 Å². The van der Waals surface area contributed by atoms with Gasteiger partial charge in [-0.3, -0.25) is 9.36 Å². The highest BCUT2D eigenvalue weighted by Crippen LogP contribution is 2.25. The molecular formula is C23H28N4OS. The lowest BCUT2D eigenvalue weighted by Gasteiger charge is -2.36. The van der Waals surface area contributed by atoms with E-state index in [2.05, 4.69) is 62.2 Å². The Morgan fingerprint density at radius 2 is 1.76 bits per heavy atom. The Bertz CT molecular complexity index is 976. The Balaban J connectivity index is 1.77. The molecule has 0 saturated carbocycles.